The Kier molecular flexibility index (Phi) is 4.68. The molecule has 9 heteroatoms. The van der Waals surface area contributed by atoms with E-state index in [1.807, 2.05) is 5.38 Å². The van der Waals surface area contributed by atoms with Crippen molar-refractivity contribution in [1.82, 2.24) is 19.9 Å². The van der Waals surface area contributed by atoms with Crippen LogP contribution in [0.1, 0.15) is 28.6 Å². The zero-order valence-electron chi connectivity index (χ0n) is 14.2. The van der Waals surface area contributed by atoms with E-state index in [4.69, 9.17) is 0 Å². The molecule has 0 aliphatic carbocycles. The average Bonchev–Trinajstić information content (AvgIpc) is 3.32. The van der Waals surface area contributed by atoms with Crippen molar-refractivity contribution in [2.75, 3.05) is 18.5 Å². The number of amides is 2. The maximum atomic E-state index is 13.1. The predicted octanol–water partition coefficient (Wildman–Crippen LogP) is 3.01. The van der Waals surface area contributed by atoms with Crippen molar-refractivity contribution in [3.63, 3.8) is 0 Å². The molecule has 2 amide bonds. The smallest absolute Gasteiger partial charge is 0.268 e. The number of thiophene rings is 1. The van der Waals surface area contributed by atoms with Crippen LogP contribution in [0.15, 0.2) is 35.8 Å². The quantitative estimate of drug-likeness (QED) is 0.702. The largest absolute Gasteiger partial charge is 0.352 e. The first-order chi connectivity index (χ1) is 13.2. The lowest BCUT2D eigenvalue weighted by molar-refractivity contribution is 0.0944. The van der Waals surface area contributed by atoms with Crippen LogP contribution in [0.25, 0.3) is 11.4 Å². The molecule has 4 heterocycles. The van der Waals surface area contributed by atoms with E-state index < -0.39 is 6.67 Å². The Morgan fingerprint density at radius 3 is 3.11 bits per heavy atom. The number of fused-ring (bicyclic) bond motifs is 1. The standard InChI is InChI=1S/C18H16FN5O2S.2H2/c19-5-8-24-13-4-7-20-16(25)11(13)10-14(24)12-3-6-21-18(22-12)23-17(26)15-2-1-9-27-15;;/h1-3,6,9-10H,4-5,7-8H2,(H,20,25)(H,21,22,23,26);2*1H. The number of halogens is 1. The Labute approximate surface area is 161 Å². The Hall–Kier alpha value is -3.07. The molecule has 0 saturated carbocycles. The zero-order chi connectivity index (χ0) is 18.8. The second-order valence-electron chi connectivity index (χ2n) is 5.93. The number of rotatable bonds is 5. The minimum atomic E-state index is -0.553. The minimum Gasteiger partial charge on any atom is -0.352 e. The molecule has 0 aromatic carbocycles. The summed E-state index contributed by atoms with van der Waals surface area (Å²) >= 11 is 1.32. The molecule has 2 N–H and O–H groups in total. The van der Waals surface area contributed by atoms with Gasteiger partial charge >= 0.3 is 0 Å². The molecule has 7 nitrogen and oxygen atoms in total. The maximum absolute atomic E-state index is 13.1. The van der Waals surface area contributed by atoms with Gasteiger partial charge < -0.3 is 9.88 Å². The van der Waals surface area contributed by atoms with Gasteiger partial charge in [-0.3, -0.25) is 14.9 Å². The first-order valence-corrected chi connectivity index (χ1v) is 9.30. The van der Waals surface area contributed by atoms with Gasteiger partial charge in [0.25, 0.3) is 11.8 Å². The Morgan fingerprint density at radius 2 is 2.33 bits per heavy atom. The van der Waals surface area contributed by atoms with E-state index in [1.54, 1.807) is 28.8 Å². The highest BCUT2D eigenvalue weighted by atomic mass is 32.1. The number of nitrogens with zero attached hydrogens (tertiary/aromatic N) is 3. The van der Waals surface area contributed by atoms with Gasteiger partial charge in [-0.15, -0.1) is 11.3 Å². The summed E-state index contributed by atoms with van der Waals surface area (Å²) in [5.41, 5.74) is 2.48. The van der Waals surface area contributed by atoms with Crippen LogP contribution in [-0.4, -0.2) is 39.6 Å². The molecule has 27 heavy (non-hydrogen) atoms. The highest BCUT2D eigenvalue weighted by Crippen LogP contribution is 2.27. The van der Waals surface area contributed by atoms with E-state index in [9.17, 15) is 14.0 Å². The summed E-state index contributed by atoms with van der Waals surface area (Å²) in [5.74, 6) is -0.309. The molecule has 1 aliphatic heterocycles. The molecule has 0 atom stereocenters. The van der Waals surface area contributed by atoms with Gasteiger partial charge in [-0.1, -0.05) is 6.07 Å². The predicted molar refractivity (Wildman–Crippen MR) is 104 cm³/mol. The second-order valence-corrected chi connectivity index (χ2v) is 6.88. The van der Waals surface area contributed by atoms with E-state index in [0.29, 0.717) is 34.8 Å². The highest BCUT2D eigenvalue weighted by molar-refractivity contribution is 7.12. The van der Waals surface area contributed by atoms with Crippen molar-refractivity contribution in [1.29, 1.82) is 0 Å². The normalized spacial score (nSPS) is 13.1. The number of alkyl halides is 1. The van der Waals surface area contributed by atoms with Crippen molar-refractivity contribution in [2.24, 2.45) is 0 Å². The van der Waals surface area contributed by atoms with Crippen LogP contribution in [0.3, 0.4) is 0 Å². The van der Waals surface area contributed by atoms with Gasteiger partial charge in [-0.05, 0) is 23.6 Å². The van der Waals surface area contributed by atoms with E-state index in [2.05, 4.69) is 20.6 Å². The molecule has 4 rings (SSSR count). The van der Waals surface area contributed by atoms with Crippen LogP contribution < -0.4 is 10.6 Å². The molecule has 142 valence electrons. The highest BCUT2D eigenvalue weighted by Gasteiger charge is 2.24. The molecule has 0 spiro atoms. The molecule has 1 aliphatic rings. The fraction of sp³-hybridized carbons (Fsp3) is 0.222. The lowest BCUT2D eigenvalue weighted by Crippen LogP contribution is -2.32. The van der Waals surface area contributed by atoms with E-state index in [-0.39, 0.29) is 27.2 Å². The third-order valence-corrected chi connectivity index (χ3v) is 5.17. The number of hydrogen-bond acceptors (Lipinski definition) is 5. The number of aromatic nitrogens is 3. The molecule has 0 bridgehead atoms. The minimum absolute atomic E-state index is 0. The number of carbonyl (C=O) groups is 2. The van der Waals surface area contributed by atoms with Crippen molar-refractivity contribution in [2.45, 2.75) is 13.0 Å². The second kappa shape index (κ2) is 7.28. The molecule has 3 aromatic rings. The molecular formula is C18H20FN5O2S. The van der Waals surface area contributed by atoms with Crippen LogP contribution in [0, 0.1) is 0 Å². The molecule has 3 aromatic heterocycles. The van der Waals surface area contributed by atoms with Crippen LogP contribution in [0.2, 0.25) is 0 Å². The SMILES string of the molecule is O=C(Nc1nccc(-c2cc3c(n2CCF)CCNC3=O)n1)c1cccs1.[HH].[HH]. The Balaban J connectivity index is 0.00000150. The molecule has 0 unspecified atom stereocenters. The van der Waals surface area contributed by atoms with Crippen molar-refractivity contribution >= 4 is 29.1 Å². The molecule has 0 fully saturated rings. The van der Waals surface area contributed by atoms with Crippen LogP contribution in [0.4, 0.5) is 10.3 Å². The average molecular weight is 389 g/mol. The van der Waals surface area contributed by atoms with Crippen molar-refractivity contribution in [3.05, 3.63) is 52.0 Å². The van der Waals surface area contributed by atoms with E-state index >= 15 is 0 Å². The van der Waals surface area contributed by atoms with Crippen LogP contribution in [0.5, 0.6) is 0 Å². The van der Waals surface area contributed by atoms with Crippen LogP contribution in [-0.2, 0) is 13.0 Å². The lowest BCUT2D eigenvalue weighted by Gasteiger charge is -2.16. The molecular weight excluding hydrogens is 369 g/mol. The fourth-order valence-electron chi connectivity index (χ4n) is 3.13. The van der Waals surface area contributed by atoms with Gasteiger partial charge in [0.15, 0.2) is 0 Å². The zero-order valence-corrected chi connectivity index (χ0v) is 15.1. The van der Waals surface area contributed by atoms with Gasteiger partial charge in [-0.25, -0.2) is 14.4 Å². The van der Waals surface area contributed by atoms with Crippen LogP contribution >= 0.6 is 11.3 Å². The van der Waals surface area contributed by atoms with Gasteiger partial charge in [0, 0.05) is 27.7 Å². The number of anilines is 1. The Bertz CT molecular complexity index is 1010. The van der Waals surface area contributed by atoms with E-state index in [0.717, 1.165) is 5.69 Å². The van der Waals surface area contributed by atoms with Crippen molar-refractivity contribution < 1.29 is 16.8 Å². The van der Waals surface area contributed by atoms with Gasteiger partial charge in [0.05, 0.1) is 28.4 Å². The summed E-state index contributed by atoms with van der Waals surface area (Å²) in [6.45, 7) is 0.106. The Morgan fingerprint density at radius 1 is 1.44 bits per heavy atom. The van der Waals surface area contributed by atoms with Gasteiger partial charge in [0.2, 0.25) is 5.95 Å². The first kappa shape index (κ1) is 17.3. The number of carbonyl (C=O) groups excluding carboxylic acids is 2. The van der Waals surface area contributed by atoms with Crippen molar-refractivity contribution in [3.8, 4) is 11.4 Å². The third kappa shape index (κ3) is 3.33. The topological polar surface area (TPSA) is 88.9 Å². The summed E-state index contributed by atoms with van der Waals surface area (Å²) in [6, 6.07) is 6.89. The van der Waals surface area contributed by atoms with E-state index in [1.165, 1.54) is 17.5 Å². The third-order valence-electron chi connectivity index (χ3n) is 4.30. The summed E-state index contributed by atoms with van der Waals surface area (Å²) in [4.78, 5) is 33.4. The summed E-state index contributed by atoms with van der Waals surface area (Å²) in [7, 11) is 0. The first-order valence-electron chi connectivity index (χ1n) is 8.42. The lowest BCUT2D eigenvalue weighted by atomic mass is 10.1. The fourth-order valence-corrected chi connectivity index (χ4v) is 3.75. The monoisotopic (exact) mass is 389 g/mol. The number of nitrogens with one attached hydrogen (secondary N) is 2. The molecule has 0 radical (unpaired) electrons. The van der Waals surface area contributed by atoms with Gasteiger partial charge in [-0.2, -0.15) is 0 Å². The summed E-state index contributed by atoms with van der Waals surface area (Å²) in [6.07, 6.45) is 2.16. The number of hydrogen-bond donors (Lipinski definition) is 2. The maximum Gasteiger partial charge on any atom is 0.268 e. The summed E-state index contributed by atoms with van der Waals surface area (Å²) in [5, 5.41) is 7.27. The molecule has 0 saturated heterocycles. The summed E-state index contributed by atoms with van der Waals surface area (Å²) < 4.78 is 14.9. The van der Waals surface area contributed by atoms with Gasteiger partial charge in [0.1, 0.15) is 6.67 Å².